The summed E-state index contributed by atoms with van der Waals surface area (Å²) in [7, 11) is -1.03. The van der Waals surface area contributed by atoms with Crippen LogP contribution < -0.4 is 23.8 Å². The third-order valence-corrected chi connectivity index (χ3v) is 6.75. The van der Waals surface area contributed by atoms with Gasteiger partial charge in [0, 0.05) is 24.9 Å². The van der Waals surface area contributed by atoms with E-state index in [1.165, 1.54) is 26.3 Å². The number of para-hydroxylation sites is 1. The van der Waals surface area contributed by atoms with E-state index in [4.69, 9.17) is 14.2 Å². The molecule has 0 saturated carbocycles. The lowest BCUT2D eigenvalue weighted by atomic mass is 10.1. The summed E-state index contributed by atoms with van der Waals surface area (Å²) in [6, 6.07) is 17.9. The molecule has 1 amide bonds. The van der Waals surface area contributed by atoms with Crippen molar-refractivity contribution in [3.8, 4) is 17.2 Å². The summed E-state index contributed by atoms with van der Waals surface area (Å²) in [5, 5.41) is 2.78. The van der Waals surface area contributed by atoms with Crippen molar-refractivity contribution in [2.24, 2.45) is 0 Å². The van der Waals surface area contributed by atoms with Gasteiger partial charge in [-0.05, 0) is 36.4 Å². The summed E-state index contributed by atoms with van der Waals surface area (Å²) in [6.45, 7) is 0.758. The molecule has 3 aromatic rings. The van der Waals surface area contributed by atoms with Crippen molar-refractivity contribution in [1.29, 1.82) is 0 Å². The van der Waals surface area contributed by atoms with E-state index in [-0.39, 0.29) is 16.1 Å². The van der Waals surface area contributed by atoms with Crippen LogP contribution >= 0.6 is 0 Å². The average molecular weight is 455 g/mol. The molecule has 1 heterocycles. The van der Waals surface area contributed by atoms with Crippen molar-refractivity contribution in [1.82, 2.24) is 0 Å². The molecule has 166 valence electrons. The largest absolute Gasteiger partial charge is 0.497 e. The second-order valence-corrected chi connectivity index (χ2v) is 8.95. The van der Waals surface area contributed by atoms with Crippen LogP contribution in [-0.2, 0) is 10.0 Å². The predicted molar refractivity (Wildman–Crippen MR) is 120 cm³/mol. The summed E-state index contributed by atoms with van der Waals surface area (Å²) in [5.41, 5.74) is 0.975. The molecule has 1 aliphatic rings. The number of methoxy groups -OCH3 is 1. The van der Waals surface area contributed by atoms with Crippen LogP contribution in [0.3, 0.4) is 0 Å². The first-order valence-corrected chi connectivity index (χ1v) is 11.3. The SMILES string of the molecule is COc1cccc(NC(=O)c2ccccc2N(C)S(=O)(=O)c2ccc3c(c2)OCCO3)c1. The van der Waals surface area contributed by atoms with Crippen LogP contribution in [-0.4, -0.2) is 41.7 Å². The zero-order valence-corrected chi connectivity index (χ0v) is 18.4. The van der Waals surface area contributed by atoms with E-state index in [0.29, 0.717) is 36.1 Å². The van der Waals surface area contributed by atoms with Gasteiger partial charge in [-0.1, -0.05) is 18.2 Å². The van der Waals surface area contributed by atoms with Gasteiger partial charge in [-0.25, -0.2) is 8.42 Å². The molecular formula is C23H22N2O6S. The first-order valence-electron chi connectivity index (χ1n) is 9.83. The van der Waals surface area contributed by atoms with Gasteiger partial charge in [-0.2, -0.15) is 0 Å². The number of nitrogens with one attached hydrogen (secondary N) is 1. The highest BCUT2D eigenvalue weighted by Crippen LogP contribution is 2.34. The molecular weight excluding hydrogens is 432 g/mol. The highest BCUT2D eigenvalue weighted by molar-refractivity contribution is 7.92. The summed E-state index contributed by atoms with van der Waals surface area (Å²) in [4.78, 5) is 13.0. The molecule has 0 bridgehead atoms. The second kappa shape index (κ2) is 8.80. The molecule has 0 radical (unpaired) electrons. The number of carbonyl (C=O) groups excluding carboxylic acids is 1. The van der Waals surface area contributed by atoms with Gasteiger partial charge in [-0.15, -0.1) is 0 Å². The second-order valence-electron chi connectivity index (χ2n) is 6.98. The molecule has 0 unspecified atom stereocenters. The maximum Gasteiger partial charge on any atom is 0.264 e. The van der Waals surface area contributed by atoms with E-state index in [1.807, 2.05) is 0 Å². The van der Waals surface area contributed by atoms with E-state index < -0.39 is 15.9 Å². The molecule has 0 aromatic heterocycles. The highest BCUT2D eigenvalue weighted by atomic mass is 32.2. The van der Waals surface area contributed by atoms with Gasteiger partial charge < -0.3 is 19.5 Å². The Balaban J connectivity index is 1.64. The number of hydrogen-bond donors (Lipinski definition) is 1. The van der Waals surface area contributed by atoms with Crippen LogP contribution in [0.1, 0.15) is 10.4 Å². The third kappa shape index (κ3) is 4.19. The fourth-order valence-electron chi connectivity index (χ4n) is 3.31. The highest BCUT2D eigenvalue weighted by Gasteiger charge is 2.27. The Morgan fingerprint density at radius 1 is 0.969 bits per heavy atom. The Hall–Kier alpha value is -3.72. The smallest absolute Gasteiger partial charge is 0.264 e. The third-order valence-electron chi connectivity index (χ3n) is 4.99. The van der Waals surface area contributed by atoms with Gasteiger partial charge >= 0.3 is 0 Å². The molecule has 0 saturated heterocycles. The molecule has 0 spiro atoms. The quantitative estimate of drug-likeness (QED) is 0.612. The zero-order valence-electron chi connectivity index (χ0n) is 17.6. The lowest BCUT2D eigenvalue weighted by Gasteiger charge is -2.23. The first-order chi connectivity index (χ1) is 15.4. The maximum atomic E-state index is 13.3. The lowest BCUT2D eigenvalue weighted by Crippen LogP contribution is -2.29. The summed E-state index contributed by atoms with van der Waals surface area (Å²) in [5.74, 6) is 1.01. The maximum absolute atomic E-state index is 13.3. The fraction of sp³-hybridized carbons (Fsp3) is 0.174. The minimum absolute atomic E-state index is 0.0345. The van der Waals surface area contributed by atoms with Gasteiger partial charge in [0.15, 0.2) is 11.5 Å². The zero-order chi connectivity index (χ0) is 22.7. The van der Waals surface area contributed by atoms with Gasteiger partial charge in [-0.3, -0.25) is 9.10 Å². The van der Waals surface area contributed by atoms with Crippen molar-refractivity contribution in [3.05, 3.63) is 72.3 Å². The van der Waals surface area contributed by atoms with Gasteiger partial charge in [0.1, 0.15) is 19.0 Å². The summed E-state index contributed by atoms with van der Waals surface area (Å²) < 4.78 is 43.9. The van der Waals surface area contributed by atoms with Crippen molar-refractivity contribution in [3.63, 3.8) is 0 Å². The van der Waals surface area contributed by atoms with Crippen LogP contribution in [0, 0.1) is 0 Å². The number of nitrogens with zero attached hydrogens (tertiary/aromatic N) is 1. The topological polar surface area (TPSA) is 94.2 Å². The normalized spacial score (nSPS) is 12.7. The lowest BCUT2D eigenvalue weighted by molar-refractivity contribution is 0.102. The molecule has 32 heavy (non-hydrogen) atoms. The summed E-state index contributed by atoms with van der Waals surface area (Å²) >= 11 is 0. The van der Waals surface area contributed by atoms with Crippen molar-refractivity contribution < 1.29 is 27.4 Å². The molecule has 1 N–H and O–H groups in total. The Bertz CT molecular complexity index is 1260. The van der Waals surface area contributed by atoms with Crippen LogP contribution in [0.2, 0.25) is 0 Å². The number of sulfonamides is 1. The number of anilines is 2. The van der Waals surface area contributed by atoms with Crippen LogP contribution in [0.5, 0.6) is 17.2 Å². The van der Waals surface area contributed by atoms with E-state index in [1.54, 1.807) is 54.6 Å². The number of ether oxygens (including phenoxy) is 3. The van der Waals surface area contributed by atoms with E-state index >= 15 is 0 Å². The number of fused-ring (bicyclic) bond motifs is 1. The van der Waals surface area contributed by atoms with Gasteiger partial charge in [0.25, 0.3) is 15.9 Å². The van der Waals surface area contributed by atoms with Gasteiger partial charge in [0.2, 0.25) is 0 Å². The van der Waals surface area contributed by atoms with E-state index in [2.05, 4.69) is 5.32 Å². The Morgan fingerprint density at radius 3 is 2.50 bits per heavy atom. The molecule has 0 aliphatic carbocycles. The minimum Gasteiger partial charge on any atom is -0.497 e. The van der Waals surface area contributed by atoms with E-state index in [9.17, 15) is 13.2 Å². The number of rotatable bonds is 6. The van der Waals surface area contributed by atoms with Crippen LogP contribution in [0.15, 0.2) is 71.6 Å². The molecule has 3 aromatic carbocycles. The monoisotopic (exact) mass is 454 g/mol. The Labute approximate surface area is 186 Å². The average Bonchev–Trinajstić information content (AvgIpc) is 2.83. The number of hydrogen-bond acceptors (Lipinski definition) is 6. The fourth-order valence-corrected chi connectivity index (χ4v) is 4.54. The first kappa shape index (κ1) is 21.5. The molecule has 0 fully saturated rings. The molecule has 0 atom stereocenters. The van der Waals surface area contributed by atoms with Gasteiger partial charge in [0.05, 0.1) is 23.3 Å². The number of amides is 1. The molecule has 8 nitrogen and oxygen atoms in total. The van der Waals surface area contributed by atoms with Crippen molar-refractivity contribution in [2.45, 2.75) is 4.90 Å². The Morgan fingerprint density at radius 2 is 1.72 bits per heavy atom. The van der Waals surface area contributed by atoms with Crippen LogP contribution in [0.4, 0.5) is 11.4 Å². The summed E-state index contributed by atoms with van der Waals surface area (Å²) in [6.07, 6.45) is 0. The molecule has 1 aliphatic heterocycles. The number of benzene rings is 3. The number of carbonyl (C=O) groups is 1. The predicted octanol–water partition coefficient (Wildman–Crippen LogP) is 3.54. The minimum atomic E-state index is -3.97. The molecule has 4 rings (SSSR count). The Kier molecular flexibility index (Phi) is 5.91. The van der Waals surface area contributed by atoms with Crippen molar-refractivity contribution >= 4 is 27.3 Å². The van der Waals surface area contributed by atoms with Crippen LogP contribution in [0.25, 0.3) is 0 Å². The van der Waals surface area contributed by atoms with Crippen molar-refractivity contribution in [2.75, 3.05) is 37.0 Å². The molecule has 9 heteroatoms. The standard InChI is InChI=1S/C23H22N2O6S/c1-25(32(27,28)18-10-11-21-22(15-18)31-13-12-30-21)20-9-4-3-8-19(20)23(26)24-16-6-5-7-17(14-16)29-2/h3-11,14-15H,12-13H2,1-2H3,(H,24,26). The van der Waals surface area contributed by atoms with E-state index in [0.717, 1.165) is 4.31 Å².